The molecule has 0 bridgehead atoms. The maximum atomic E-state index is 14.4. The highest BCUT2D eigenvalue weighted by Crippen LogP contribution is 2.74. The van der Waals surface area contributed by atoms with Gasteiger partial charge in [-0.25, -0.2) is 13.2 Å². The molecule has 3 N–H and O–H groups in total. The summed E-state index contributed by atoms with van der Waals surface area (Å²) in [5.41, 5.74) is 4.42. The Bertz CT molecular complexity index is 730. The van der Waals surface area contributed by atoms with Crippen molar-refractivity contribution in [2.75, 3.05) is 6.61 Å². The van der Waals surface area contributed by atoms with Crippen molar-refractivity contribution in [2.24, 2.45) is 16.6 Å². The van der Waals surface area contributed by atoms with Crippen molar-refractivity contribution < 1.29 is 18.3 Å². The molecule has 1 aliphatic heterocycles. The van der Waals surface area contributed by atoms with Crippen LogP contribution in [0, 0.1) is 24.1 Å². The van der Waals surface area contributed by atoms with Crippen LogP contribution in [0.1, 0.15) is 18.1 Å². The summed E-state index contributed by atoms with van der Waals surface area (Å²) < 4.78 is 41.2. The minimum absolute atomic E-state index is 0.0359. The molecular formula is C15H13F3N2OS. The molecule has 3 atom stereocenters. The molecule has 1 aromatic rings. The van der Waals surface area contributed by atoms with Gasteiger partial charge in [0, 0.05) is 11.1 Å². The van der Waals surface area contributed by atoms with Gasteiger partial charge in [-0.05, 0) is 25.1 Å². The van der Waals surface area contributed by atoms with E-state index in [2.05, 4.69) is 10.9 Å². The Labute approximate surface area is 129 Å². The molecule has 0 saturated heterocycles. The normalized spacial score (nSPS) is 35.3. The maximum Gasteiger partial charge on any atom is 0.272 e. The van der Waals surface area contributed by atoms with Crippen LogP contribution in [-0.2, 0) is 5.54 Å². The number of hydrogen-bond acceptors (Lipinski definition) is 4. The first-order valence-corrected chi connectivity index (χ1v) is 7.34. The highest BCUT2D eigenvalue weighted by Gasteiger charge is 2.87. The molecule has 3 nitrogen and oxygen atoms in total. The Kier molecular flexibility index (Phi) is 3.07. The third kappa shape index (κ3) is 1.68. The van der Waals surface area contributed by atoms with Crippen LogP contribution in [0.15, 0.2) is 23.2 Å². The van der Waals surface area contributed by atoms with Crippen LogP contribution in [0.25, 0.3) is 0 Å². The first kappa shape index (κ1) is 15.3. The van der Waals surface area contributed by atoms with E-state index in [1.165, 1.54) is 19.1 Å². The van der Waals surface area contributed by atoms with Crippen molar-refractivity contribution >= 4 is 16.9 Å². The Balaban J connectivity index is 2.21. The van der Waals surface area contributed by atoms with E-state index in [0.717, 1.165) is 6.07 Å². The van der Waals surface area contributed by atoms with Crippen LogP contribution in [0.5, 0.6) is 0 Å². The van der Waals surface area contributed by atoms with E-state index < -0.39 is 34.6 Å². The van der Waals surface area contributed by atoms with E-state index in [0.29, 0.717) is 17.3 Å². The Hall–Kier alpha value is -1.65. The number of halogens is 3. The number of alkyl halides is 2. The largest absolute Gasteiger partial charge is 0.395 e. The average Bonchev–Trinajstić information content (AvgIpc) is 2.96. The molecule has 2 aliphatic rings. The van der Waals surface area contributed by atoms with Gasteiger partial charge >= 0.3 is 0 Å². The van der Waals surface area contributed by atoms with E-state index in [9.17, 15) is 18.3 Å². The van der Waals surface area contributed by atoms with E-state index in [1.807, 2.05) is 0 Å². The molecule has 1 heterocycles. The van der Waals surface area contributed by atoms with E-state index in [1.54, 1.807) is 0 Å². The lowest BCUT2D eigenvalue weighted by molar-refractivity contribution is 0.0685. The second-order valence-electron chi connectivity index (χ2n) is 5.64. The Morgan fingerprint density at radius 2 is 2.18 bits per heavy atom. The molecule has 3 rings (SSSR count). The number of amidine groups is 1. The molecule has 1 aromatic carbocycles. The molecule has 22 heavy (non-hydrogen) atoms. The van der Waals surface area contributed by atoms with Gasteiger partial charge in [-0.15, -0.1) is 6.42 Å². The van der Waals surface area contributed by atoms with E-state index in [4.69, 9.17) is 12.2 Å². The van der Waals surface area contributed by atoms with Crippen molar-refractivity contribution in [1.29, 1.82) is 0 Å². The summed E-state index contributed by atoms with van der Waals surface area (Å²) in [5, 5.41) is 9.36. The number of aliphatic hydroxyl groups excluding tert-OH is 1. The summed E-state index contributed by atoms with van der Waals surface area (Å²) in [6.07, 6.45) is 5.29. The summed E-state index contributed by atoms with van der Waals surface area (Å²) in [6.45, 7) is 0.631. The Morgan fingerprint density at radius 3 is 2.77 bits per heavy atom. The van der Waals surface area contributed by atoms with Crippen LogP contribution in [0.2, 0.25) is 0 Å². The van der Waals surface area contributed by atoms with Gasteiger partial charge in [0.25, 0.3) is 5.92 Å². The number of nitrogens with zero attached hydrogens (tertiary/aromatic N) is 1. The van der Waals surface area contributed by atoms with Gasteiger partial charge in [-0.1, -0.05) is 17.7 Å². The lowest BCUT2D eigenvalue weighted by Gasteiger charge is -2.32. The zero-order valence-electron chi connectivity index (χ0n) is 11.6. The van der Waals surface area contributed by atoms with Crippen molar-refractivity contribution in [2.45, 2.75) is 23.1 Å². The number of aliphatic hydroxyl groups is 1. The minimum Gasteiger partial charge on any atom is -0.395 e. The topological polar surface area (TPSA) is 58.6 Å². The van der Waals surface area contributed by atoms with Gasteiger partial charge in [0.1, 0.15) is 10.6 Å². The molecule has 0 aromatic heterocycles. The van der Waals surface area contributed by atoms with Crippen LogP contribution in [0.3, 0.4) is 0 Å². The standard InChI is InChI=1S/C15H13F3N2OS/c1-3-8-4-5-10(16)9(6-8)13(2)11-14(7-21,15(11,17)18)22-12(19)20-13/h1,4-6,11,21H,7H2,2H3,(H2,19,20)/t11-,13+,14+/m0/s1. The summed E-state index contributed by atoms with van der Waals surface area (Å²) >= 11 is 0.647. The summed E-state index contributed by atoms with van der Waals surface area (Å²) in [6, 6.07) is 3.85. The third-order valence-electron chi connectivity index (χ3n) is 4.41. The van der Waals surface area contributed by atoms with Crippen molar-refractivity contribution in [3.63, 3.8) is 0 Å². The van der Waals surface area contributed by atoms with Crippen molar-refractivity contribution in [3.8, 4) is 12.3 Å². The number of aliphatic imine (C=N–C) groups is 1. The maximum absolute atomic E-state index is 14.4. The summed E-state index contributed by atoms with van der Waals surface area (Å²) in [5.74, 6) is -2.89. The fraction of sp³-hybridized carbons (Fsp3) is 0.400. The highest BCUT2D eigenvalue weighted by atomic mass is 32.2. The molecule has 1 saturated carbocycles. The lowest BCUT2D eigenvalue weighted by atomic mass is 9.84. The number of nitrogens with two attached hydrogens (primary N) is 1. The second kappa shape index (κ2) is 4.43. The monoisotopic (exact) mass is 326 g/mol. The van der Waals surface area contributed by atoms with Crippen LogP contribution in [-0.4, -0.2) is 27.6 Å². The molecular weight excluding hydrogens is 313 g/mol. The zero-order chi connectivity index (χ0) is 16.3. The highest BCUT2D eigenvalue weighted by molar-refractivity contribution is 8.15. The quantitative estimate of drug-likeness (QED) is 0.818. The van der Waals surface area contributed by atoms with Crippen molar-refractivity contribution in [1.82, 2.24) is 0 Å². The van der Waals surface area contributed by atoms with Crippen molar-refractivity contribution in [3.05, 3.63) is 35.1 Å². The Morgan fingerprint density at radius 1 is 1.50 bits per heavy atom. The molecule has 116 valence electrons. The molecule has 0 unspecified atom stereocenters. The van der Waals surface area contributed by atoms with E-state index >= 15 is 0 Å². The van der Waals surface area contributed by atoms with E-state index in [-0.39, 0.29) is 10.7 Å². The van der Waals surface area contributed by atoms with Gasteiger partial charge in [0.05, 0.1) is 18.1 Å². The molecule has 0 amide bonds. The fourth-order valence-corrected chi connectivity index (χ4v) is 4.68. The first-order chi connectivity index (χ1) is 10.2. The molecule has 0 radical (unpaired) electrons. The number of rotatable bonds is 2. The molecule has 1 aliphatic carbocycles. The second-order valence-corrected chi connectivity index (χ2v) is 6.99. The number of benzene rings is 1. The smallest absolute Gasteiger partial charge is 0.272 e. The fourth-order valence-electron chi connectivity index (χ4n) is 3.32. The third-order valence-corrected chi connectivity index (χ3v) is 5.72. The number of terminal acetylenes is 1. The first-order valence-electron chi connectivity index (χ1n) is 6.52. The molecule has 0 spiro atoms. The summed E-state index contributed by atoms with van der Waals surface area (Å²) in [7, 11) is 0. The SMILES string of the molecule is C#Cc1ccc(F)c([C@@]2(C)N=C(N)S[C@]3(CO)[C@H]2C3(F)F)c1. The molecule has 1 fully saturated rings. The van der Waals surface area contributed by atoms with Crippen LogP contribution < -0.4 is 5.73 Å². The lowest BCUT2D eigenvalue weighted by Crippen LogP contribution is -2.37. The van der Waals surface area contributed by atoms with Gasteiger partial charge < -0.3 is 10.8 Å². The van der Waals surface area contributed by atoms with Crippen LogP contribution in [0.4, 0.5) is 13.2 Å². The number of thioether (sulfide) groups is 1. The predicted molar refractivity (Wildman–Crippen MR) is 79.2 cm³/mol. The van der Waals surface area contributed by atoms with Gasteiger partial charge in [0.15, 0.2) is 5.17 Å². The number of hydrogen-bond donors (Lipinski definition) is 2. The number of fused-ring (bicyclic) bond motifs is 1. The zero-order valence-corrected chi connectivity index (χ0v) is 12.4. The van der Waals surface area contributed by atoms with Gasteiger partial charge in [-0.3, -0.25) is 4.99 Å². The average molecular weight is 326 g/mol. The summed E-state index contributed by atoms with van der Waals surface area (Å²) in [4.78, 5) is 4.09. The van der Waals surface area contributed by atoms with Gasteiger partial charge in [-0.2, -0.15) is 0 Å². The van der Waals surface area contributed by atoms with Gasteiger partial charge in [0.2, 0.25) is 0 Å². The van der Waals surface area contributed by atoms with Crippen LogP contribution >= 0.6 is 11.8 Å². The minimum atomic E-state index is -3.20. The predicted octanol–water partition coefficient (Wildman–Crippen LogP) is 2.08. The molecule has 7 heteroatoms.